The lowest BCUT2D eigenvalue weighted by Gasteiger charge is -2.27. The maximum absolute atomic E-state index is 11.3. The molecule has 0 unspecified atom stereocenters. The van der Waals surface area contributed by atoms with Crippen LogP contribution in [0.4, 0.5) is 5.69 Å². The molecule has 1 aliphatic rings. The number of aromatic amines is 1. The van der Waals surface area contributed by atoms with Gasteiger partial charge in [-0.3, -0.25) is 15.0 Å². The molecule has 1 N–H and O–H groups in total. The zero-order valence-corrected chi connectivity index (χ0v) is 13.3. The first-order valence-electron chi connectivity index (χ1n) is 7.89. The van der Waals surface area contributed by atoms with Crippen LogP contribution in [0.5, 0.6) is 0 Å². The van der Waals surface area contributed by atoms with E-state index in [-0.39, 0.29) is 10.6 Å². The van der Waals surface area contributed by atoms with E-state index in [9.17, 15) is 10.1 Å². The van der Waals surface area contributed by atoms with Crippen LogP contribution in [-0.4, -0.2) is 31.3 Å². The minimum atomic E-state index is -0.318. The normalized spacial score (nSPS) is 14.7. The molecule has 1 aromatic carbocycles. The van der Waals surface area contributed by atoms with Gasteiger partial charge in [0.2, 0.25) is 0 Å². The third-order valence-corrected chi connectivity index (χ3v) is 4.50. The number of hydrogen-bond acceptors (Lipinski definition) is 5. The van der Waals surface area contributed by atoms with E-state index in [1.54, 1.807) is 12.1 Å². The van der Waals surface area contributed by atoms with Crippen molar-refractivity contribution in [2.75, 3.05) is 6.54 Å². The summed E-state index contributed by atoms with van der Waals surface area (Å²) in [6.45, 7) is 4.19. The number of aryl methyl sites for hydroxylation is 1. The van der Waals surface area contributed by atoms with Crippen LogP contribution in [0.15, 0.2) is 30.6 Å². The molecule has 122 valence electrons. The van der Waals surface area contributed by atoms with Crippen molar-refractivity contribution in [3.63, 3.8) is 0 Å². The molecule has 0 fully saturated rings. The molecule has 4 rings (SSSR count). The molecule has 0 saturated carbocycles. The van der Waals surface area contributed by atoms with Crippen LogP contribution >= 0.6 is 0 Å². The van der Waals surface area contributed by atoms with E-state index < -0.39 is 0 Å². The third kappa shape index (κ3) is 2.52. The van der Waals surface area contributed by atoms with Gasteiger partial charge in [0.05, 0.1) is 21.5 Å². The summed E-state index contributed by atoms with van der Waals surface area (Å²) < 4.78 is 0. The number of aromatic nitrogens is 3. The van der Waals surface area contributed by atoms with E-state index in [0.717, 1.165) is 42.1 Å². The lowest BCUT2D eigenvalue weighted by Crippen LogP contribution is -2.31. The molecule has 0 bridgehead atoms. The second kappa shape index (κ2) is 5.68. The number of H-pyrrole nitrogens is 1. The highest BCUT2D eigenvalue weighted by molar-refractivity contribution is 5.91. The Morgan fingerprint density at radius 1 is 1.42 bits per heavy atom. The van der Waals surface area contributed by atoms with Crippen LogP contribution in [-0.2, 0) is 19.5 Å². The predicted octanol–water partition coefficient (Wildman–Crippen LogP) is 2.73. The van der Waals surface area contributed by atoms with Gasteiger partial charge < -0.3 is 4.98 Å². The number of rotatable bonds is 3. The highest BCUT2D eigenvalue weighted by atomic mass is 16.6. The lowest BCUT2D eigenvalue weighted by atomic mass is 10.1. The first kappa shape index (κ1) is 14.8. The Kier molecular flexibility index (Phi) is 3.50. The third-order valence-electron chi connectivity index (χ3n) is 4.50. The quantitative estimate of drug-likeness (QED) is 0.591. The Balaban J connectivity index is 1.65. The van der Waals surface area contributed by atoms with Gasteiger partial charge in [-0.1, -0.05) is 6.07 Å². The fourth-order valence-corrected chi connectivity index (χ4v) is 3.34. The smallest absolute Gasteiger partial charge is 0.279 e. The van der Waals surface area contributed by atoms with Crippen molar-refractivity contribution in [1.82, 2.24) is 19.9 Å². The molecule has 3 heterocycles. The Hall–Kier alpha value is -2.80. The first-order valence-corrected chi connectivity index (χ1v) is 7.89. The fraction of sp³-hybridized carbons (Fsp3) is 0.294. The summed E-state index contributed by atoms with van der Waals surface area (Å²) in [6.07, 6.45) is 4.68. The summed E-state index contributed by atoms with van der Waals surface area (Å²) >= 11 is 0. The summed E-state index contributed by atoms with van der Waals surface area (Å²) in [7, 11) is 0. The van der Waals surface area contributed by atoms with Gasteiger partial charge in [-0.15, -0.1) is 0 Å². The molecule has 2 aromatic heterocycles. The van der Waals surface area contributed by atoms with E-state index in [2.05, 4.69) is 19.9 Å². The average molecular weight is 323 g/mol. The van der Waals surface area contributed by atoms with Crippen molar-refractivity contribution in [2.45, 2.75) is 26.4 Å². The minimum Gasteiger partial charge on any atom is -0.361 e. The Morgan fingerprint density at radius 2 is 2.29 bits per heavy atom. The maximum atomic E-state index is 11.3. The van der Waals surface area contributed by atoms with Gasteiger partial charge in [-0.2, -0.15) is 0 Å². The Labute approximate surface area is 138 Å². The standard InChI is InChI=1S/C17H17N5O2/c1-11-18-7-12-5-6-21(10-15(12)20-11)9-13-8-19-14-3-2-4-16(17(13)14)22(23)24/h2-4,7-8,19H,5-6,9-10H2,1H3. The van der Waals surface area contributed by atoms with E-state index in [1.807, 2.05) is 25.4 Å². The first-order chi connectivity index (χ1) is 11.6. The topological polar surface area (TPSA) is 88.0 Å². The fourth-order valence-electron chi connectivity index (χ4n) is 3.34. The molecule has 0 aliphatic carbocycles. The van der Waals surface area contributed by atoms with Gasteiger partial charge in [-0.25, -0.2) is 9.97 Å². The molecule has 3 aromatic rings. The van der Waals surface area contributed by atoms with E-state index in [4.69, 9.17) is 0 Å². The lowest BCUT2D eigenvalue weighted by molar-refractivity contribution is -0.383. The van der Waals surface area contributed by atoms with Crippen molar-refractivity contribution < 1.29 is 4.92 Å². The van der Waals surface area contributed by atoms with Crippen molar-refractivity contribution in [3.05, 3.63) is 63.4 Å². The zero-order valence-electron chi connectivity index (χ0n) is 13.3. The van der Waals surface area contributed by atoms with Gasteiger partial charge in [0.1, 0.15) is 5.82 Å². The zero-order chi connectivity index (χ0) is 16.7. The van der Waals surface area contributed by atoms with Gasteiger partial charge in [0.15, 0.2) is 0 Å². The molecular formula is C17H17N5O2. The summed E-state index contributed by atoms with van der Waals surface area (Å²) in [4.78, 5) is 25.2. The molecule has 7 nitrogen and oxygen atoms in total. The molecular weight excluding hydrogens is 306 g/mol. The van der Waals surface area contributed by atoms with Crippen LogP contribution in [0, 0.1) is 17.0 Å². The Bertz CT molecular complexity index is 934. The maximum Gasteiger partial charge on any atom is 0.279 e. The highest BCUT2D eigenvalue weighted by Gasteiger charge is 2.22. The monoisotopic (exact) mass is 323 g/mol. The predicted molar refractivity (Wildman–Crippen MR) is 89.5 cm³/mol. The van der Waals surface area contributed by atoms with Crippen molar-refractivity contribution in [1.29, 1.82) is 0 Å². The van der Waals surface area contributed by atoms with Gasteiger partial charge >= 0.3 is 0 Å². The number of nitrogens with one attached hydrogen (secondary N) is 1. The second-order valence-corrected chi connectivity index (χ2v) is 6.12. The molecule has 7 heteroatoms. The number of nitrogens with zero attached hydrogens (tertiary/aromatic N) is 4. The van der Waals surface area contributed by atoms with Crippen molar-refractivity contribution in [3.8, 4) is 0 Å². The van der Waals surface area contributed by atoms with Crippen LogP contribution < -0.4 is 0 Å². The average Bonchev–Trinajstić information content (AvgIpc) is 2.97. The number of benzene rings is 1. The van der Waals surface area contributed by atoms with E-state index in [0.29, 0.717) is 11.9 Å². The van der Waals surface area contributed by atoms with Crippen molar-refractivity contribution >= 4 is 16.6 Å². The largest absolute Gasteiger partial charge is 0.361 e. The van der Waals surface area contributed by atoms with Crippen LogP contribution in [0.3, 0.4) is 0 Å². The highest BCUT2D eigenvalue weighted by Crippen LogP contribution is 2.30. The van der Waals surface area contributed by atoms with Crippen LogP contribution in [0.1, 0.15) is 22.6 Å². The summed E-state index contributed by atoms with van der Waals surface area (Å²) in [6, 6.07) is 5.13. The van der Waals surface area contributed by atoms with Gasteiger partial charge in [-0.05, 0) is 30.5 Å². The summed E-state index contributed by atoms with van der Waals surface area (Å²) in [5.41, 5.74) is 4.16. The van der Waals surface area contributed by atoms with E-state index in [1.165, 1.54) is 5.56 Å². The molecule has 1 aliphatic heterocycles. The van der Waals surface area contributed by atoms with E-state index >= 15 is 0 Å². The number of fused-ring (bicyclic) bond motifs is 2. The molecule has 0 atom stereocenters. The Morgan fingerprint density at radius 3 is 3.12 bits per heavy atom. The molecule has 0 saturated heterocycles. The molecule has 24 heavy (non-hydrogen) atoms. The second-order valence-electron chi connectivity index (χ2n) is 6.12. The number of nitro benzene ring substituents is 1. The van der Waals surface area contributed by atoms with Gasteiger partial charge in [0.25, 0.3) is 5.69 Å². The number of non-ortho nitro benzene ring substituents is 1. The molecule has 0 radical (unpaired) electrons. The van der Waals surface area contributed by atoms with Crippen LogP contribution in [0.2, 0.25) is 0 Å². The minimum absolute atomic E-state index is 0.152. The molecule has 0 spiro atoms. The molecule has 0 amide bonds. The number of hydrogen-bond donors (Lipinski definition) is 1. The summed E-state index contributed by atoms with van der Waals surface area (Å²) in [5, 5.41) is 12.0. The van der Waals surface area contributed by atoms with Crippen molar-refractivity contribution in [2.24, 2.45) is 0 Å². The SMILES string of the molecule is Cc1ncc2c(n1)CN(Cc1c[nH]c3cccc([N+](=O)[O-])c13)CC2. The van der Waals surface area contributed by atoms with Crippen LogP contribution in [0.25, 0.3) is 10.9 Å². The summed E-state index contributed by atoms with van der Waals surface area (Å²) in [5.74, 6) is 0.776. The van der Waals surface area contributed by atoms with Gasteiger partial charge in [0, 0.05) is 38.1 Å². The number of nitro groups is 1.